The van der Waals surface area contributed by atoms with Crippen molar-refractivity contribution < 1.29 is 0 Å². The second-order valence-corrected chi connectivity index (χ2v) is 4.67. The fraction of sp³-hybridized carbons (Fsp3) is 0.667. The van der Waals surface area contributed by atoms with Crippen LogP contribution in [-0.4, -0.2) is 47.4 Å². The highest BCUT2D eigenvalue weighted by Crippen LogP contribution is 2.18. The number of aromatic nitrogens is 1. The van der Waals surface area contributed by atoms with Gasteiger partial charge in [-0.1, -0.05) is 0 Å². The topological polar surface area (TPSA) is 45.4 Å². The molecule has 4 nitrogen and oxygen atoms in total. The number of nitrogens with zero attached hydrogens (tertiary/aromatic N) is 3. The Morgan fingerprint density at radius 2 is 2.14 bits per heavy atom. The summed E-state index contributed by atoms with van der Waals surface area (Å²) in [5.41, 5.74) is 6.64. The first kappa shape index (κ1) is 9.89. The highest BCUT2D eigenvalue weighted by molar-refractivity contribution is 7.06. The second-order valence-electron chi connectivity index (χ2n) is 3.78. The highest BCUT2D eigenvalue weighted by Gasteiger charge is 2.15. The molecule has 0 spiro atoms. The van der Waals surface area contributed by atoms with Crippen LogP contribution in [0.1, 0.15) is 4.88 Å². The zero-order valence-electron chi connectivity index (χ0n) is 8.44. The van der Waals surface area contributed by atoms with Gasteiger partial charge in [-0.15, -0.1) is 0 Å². The van der Waals surface area contributed by atoms with Gasteiger partial charge in [0.15, 0.2) is 0 Å². The van der Waals surface area contributed by atoms with Gasteiger partial charge in [0.25, 0.3) is 0 Å². The van der Waals surface area contributed by atoms with E-state index in [-0.39, 0.29) is 0 Å². The van der Waals surface area contributed by atoms with Gasteiger partial charge in [-0.25, -0.2) is 0 Å². The van der Waals surface area contributed by atoms with E-state index in [0.29, 0.717) is 0 Å². The molecule has 2 heterocycles. The molecule has 0 bridgehead atoms. The van der Waals surface area contributed by atoms with Crippen molar-refractivity contribution in [1.29, 1.82) is 0 Å². The maximum atomic E-state index is 5.80. The van der Waals surface area contributed by atoms with E-state index in [9.17, 15) is 0 Å². The maximum Gasteiger partial charge on any atom is 0.0672 e. The second kappa shape index (κ2) is 4.25. The lowest BCUT2D eigenvalue weighted by Gasteiger charge is -2.31. The Balaban J connectivity index is 1.89. The molecule has 0 saturated carbocycles. The van der Waals surface area contributed by atoms with Crippen LogP contribution in [0.3, 0.4) is 0 Å². The Bertz CT molecular complexity index is 291. The molecule has 0 aliphatic carbocycles. The normalized spacial score (nSPS) is 20.1. The first-order valence-corrected chi connectivity index (χ1v) is 5.63. The van der Waals surface area contributed by atoms with Gasteiger partial charge in [0.2, 0.25) is 0 Å². The molecule has 78 valence electrons. The lowest BCUT2D eigenvalue weighted by Crippen LogP contribution is -2.43. The third kappa shape index (κ3) is 2.23. The summed E-state index contributed by atoms with van der Waals surface area (Å²) in [6, 6.07) is 0. The summed E-state index contributed by atoms with van der Waals surface area (Å²) in [6.07, 6.45) is 1.75. The summed E-state index contributed by atoms with van der Waals surface area (Å²) >= 11 is 1.51. The van der Waals surface area contributed by atoms with Crippen molar-refractivity contribution in [2.75, 3.05) is 39.0 Å². The molecule has 14 heavy (non-hydrogen) atoms. The minimum Gasteiger partial charge on any atom is -0.396 e. The fourth-order valence-electron chi connectivity index (χ4n) is 1.60. The van der Waals surface area contributed by atoms with Crippen molar-refractivity contribution in [2.24, 2.45) is 0 Å². The quantitative estimate of drug-likeness (QED) is 0.774. The fourth-order valence-corrected chi connectivity index (χ4v) is 2.29. The Labute approximate surface area is 88.5 Å². The van der Waals surface area contributed by atoms with Gasteiger partial charge < -0.3 is 10.6 Å². The van der Waals surface area contributed by atoms with Crippen molar-refractivity contribution in [1.82, 2.24) is 14.2 Å². The van der Waals surface area contributed by atoms with Gasteiger partial charge in [-0.2, -0.15) is 4.37 Å². The lowest BCUT2D eigenvalue weighted by molar-refractivity contribution is 0.149. The van der Waals surface area contributed by atoms with Crippen LogP contribution in [0.5, 0.6) is 0 Å². The zero-order valence-corrected chi connectivity index (χ0v) is 9.26. The van der Waals surface area contributed by atoms with Crippen LogP contribution in [0.25, 0.3) is 0 Å². The molecule has 1 aliphatic rings. The van der Waals surface area contributed by atoms with Crippen LogP contribution in [0, 0.1) is 0 Å². The molecule has 1 saturated heterocycles. The van der Waals surface area contributed by atoms with Crippen molar-refractivity contribution >= 4 is 17.2 Å². The SMILES string of the molecule is CN1CCN(Cc2sncc2N)CC1. The van der Waals surface area contributed by atoms with E-state index in [1.54, 1.807) is 6.20 Å². The predicted molar refractivity (Wildman–Crippen MR) is 59.3 cm³/mol. The predicted octanol–water partition coefficient (Wildman–Crippen LogP) is 0.473. The monoisotopic (exact) mass is 212 g/mol. The first-order valence-electron chi connectivity index (χ1n) is 4.85. The Morgan fingerprint density at radius 3 is 2.71 bits per heavy atom. The summed E-state index contributed by atoms with van der Waals surface area (Å²) in [4.78, 5) is 5.99. The molecular weight excluding hydrogens is 196 g/mol. The van der Waals surface area contributed by atoms with Crippen LogP contribution in [0.2, 0.25) is 0 Å². The van der Waals surface area contributed by atoms with E-state index >= 15 is 0 Å². The molecule has 0 amide bonds. The molecule has 1 aromatic heterocycles. The number of nitrogens with two attached hydrogens (primary N) is 1. The summed E-state index contributed by atoms with van der Waals surface area (Å²) in [5, 5.41) is 0. The number of likely N-dealkylation sites (N-methyl/N-ethyl adjacent to an activating group) is 1. The van der Waals surface area contributed by atoms with Gasteiger partial charge in [0, 0.05) is 32.7 Å². The minimum absolute atomic E-state index is 0.842. The number of hydrogen-bond donors (Lipinski definition) is 1. The standard InChI is InChI=1S/C9H16N4S/c1-12-2-4-13(5-3-12)7-9-8(10)6-11-14-9/h6H,2-5,7,10H2,1H3. The number of hydrogen-bond acceptors (Lipinski definition) is 5. The molecule has 2 rings (SSSR count). The third-order valence-electron chi connectivity index (χ3n) is 2.64. The molecular formula is C9H16N4S. The zero-order chi connectivity index (χ0) is 9.97. The van der Waals surface area contributed by atoms with Gasteiger partial charge in [-0.05, 0) is 18.6 Å². The van der Waals surface area contributed by atoms with Gasteiger partial charge in [0.05, 0.1) is 16.8 Å². The molecule has 0 radical (unpaired) electrons. The third-order valence-corrected chi connectivity index (χ3v) is 3.44. The Hall–Kier alpha value is -0.650. The van der Waals surface area contributed by atoms with Crippen LogP contribution < -0.4 is 5.73 Å². The smallest absolute Gasteiger partial charge is 0.0672 e. The molecule has 2 N–H and O–H groups in total. The van der Waals surface area contributed by atoms with E-state index in [1.807, 2.05) is 0 Å². The van der Waals surface area contributed by atoms with Crippen LogP contribution >= 0.6 is 11.5 Å². The molecule has 5 heteroatoms. The van der Waals surface area contributed by atoms with Crippen molar-refractivity contribution in [3.8, 4) is 0 Å². The van der Waals surface area contributed by atoms with Crippen LogP contribution in [0.15, 0.2) is 6.20 Å². The average molecular weight is 212 g/mol. The van der Waals surface area contributed by atoms with E-state index in [4.69, 9.17) is 5.73 Å². The number of rotatable bonds is 2. The minimum atomic E-state index is 0.842. The number of anilines is 1. The first-order chi connectivity index (χ1) is 6.75. The largest absolute Gasteiger partial charge is 0.396 e. The molecule has 0 unspecified atom stereocenters. The summed E-state index contributed by atoms with van der Waals surface area (Å²) in [6.45, 7) is 5.53. The van der Waals surface area contributed by atoms with Crippen molar-refractivity contribution in [3.63, 3.8) is 0 Å². The van der Waals surface area contributed by atoms with Crippen LogP contribution in [0.4, 0.5) is 5.69 Å². The average Bonchev–Trinajstić information content (AvgIpc) is 2.56. The van der Waals surface area contributed by atoms with Gasteiger partial charge in [0.1, 0.15) is 0 Å². The van der Waals surface area contributed by atoms with E-state index in [2.05, 4.69) is 21.2 Å². The number of nitrogen functional groups attached to an aromatic ring is 1. The van der Waals surface area contributed by atoms with E-state index < -0.39 is 0 Å². The lowest BCUT2D eigenvalue weighted by atomic mass is 10.3. The Kier molecular flexibility index (Phi) is 3.00. The molecule has 1 fully saturated rings. The van der Waals surface area contributed by atoms with E-state index in [0.717, 1.165) is 38.4 Å². The van der Waals surface area contributed by atoms with Crippen molar-refractivity contribution in [3.05, 3.63) is 11.1 Å². The highest BCUT2D eigenvalue weighted by atomic mass is 32.1. The number of piperazine rings is 1. The van der Waals surface area contributed by atoms with Crippen LogP contribution in [-0.2, 0) is 6.54 Å². The Morgan fingerprint density at radius 1 is 1.43 bits per heavy atom. The van der Waals surface area contributed by atoms with Crippen molar-refractivity contribution in [2.45, 2.75) is 6.54 Å². The summed E-state index contributed by atoms with van der Waals surface area (Å²) in [5.74, 6) is 0. The van der Waals surface area contributed by atoms with E-state index in [1.165, 1.54) is 16.4 Å². The summed E-state index contributed by atoms with van der Waals surface area (Å²) in [7, 11) is 2.17. The molecule has 1 aliphatic heterocycles. The molecule has 0 atom stereocenters. The maximum absolute atomic E-state index is 5.80. The summed E-state index contributed by atoms with van der Waals surface area (Å²) < 4.78 is 4.08. The van der Waals surface area contributed by atoms with Gasteiger partial charge >= 0.3 is 0 Å². The van der Waals surface area contributed by atoms with Gasteiger partial charge in [-0.3, -0.25) is 4.90 Å². The molecule has 0 aromatic carbocycles. The molecule has 1 aromatic rings.